The van der Waals surface area contributed by atoms with E-state index in [4.69, 9.17) is 0 Å². The standard InChI is InChI=1S/C12H21NO2/c1-8(2)9(3)12(15)5-11-6-13(7-11)10(4)14/h8-9,11H,5-7H2,1-4H3/t9-/m1/s1. The first-order valence-electron chi connectivity index (χ1n) is 5.70. The summed E-state index contributed by atoms with van der Waals surface area (Å²) in [5, 5.41) is 0. The normalized spacial score (nSPS) is 18.9. The summed E-state index contributed by atoms with van der Waals surface area (Å²) in [4.78, 5) is 24.5. The highest BCUT2D eigenvalue weighted by atomic mass is 16.2. The van der Waals surface area contributed by atoms with Gasteiger partial charge in [0.15, 0.2) is 0 Å². The van der Waals surface area contributed by atoms with Crippen molar-refractivity contribution in [3.05, 3.63) is 0 Å². The summed E-state index contributed by atoms with van der Waals surface area (Å²) in [6.07, 6.45) is 0.642. The number of carbonyl (C=O) groups is 2. The molecule has 3 nitrogen and oxygen atoms in total. The second-order valence-corrected chi connectivity index (χ2v) is 4.99. The maximum Gasteiger partial charge on any atom is 0.219 e. The lowest BCUT2D eigenvalue weighted by Gasteiger charge is -2.38. The highest BCUT2D eigenvalue weighted by Crippen LogP contribution is 2.23. The van der Waals surface area contributed by atoms with Crippen LogP contribution in [0.1, 0.15) is 34.1 Å². The van der Waals surface area contributed by atoms with Gasteiger partial charge in [0.05, 0.1) is 0 Å². The molecular weight excluding hydrogens is 190 g/mol. The van der Waals surface area contributed by atoms with Crippen molar-refractivity contribution in [2.75, 3.05) is 13.1 Å². The fraction of sp³-hybridized carbons (Fsp3) is 0.833. The highest BCUT2D eigenvalue weighted by molar-refractivity contribution is 5.81. The predicted molar refractivity (Wildman–Crippen MR) is 59.4 cm³/mol. The van der Waals surface area contributed by atoms with Crippen molar-refractivity contribution in [3.63, 3.8) is 0 Å². The molecule has 1 aliphatic heterocycles. The van der Waals surface area contributed by atoms with Crippen molar-refractivity contribution in [3.8, 4) is 0 Å². The Morgan fingerprint density at radius 1 is 1.27 bits per heavy atom. The lowest BCUT2D eigenvalue weighted by molar-refractivity contribution is -0.137. The number of hydrogen-bond donors (Lipinski definition) is 0. The summed E-state index contributed by atoms with van der Waals surface area (Å²) in [5.41, 5.74) is 0. The van der Waals surface area contributed by atoms with Gasteiger partial charge in [-0.1, -0.05) is 20.8 Å². The Labute approximate surface area is 91.8 Å². The zero-order valence-electron chi connectivity index (χ0n) is 10.1. The molecule has 0 unspecified atom stereocenters. The number of rotatable bonds is 4. The lowest BCUT2D eigenvalue weighted by Crippen LogP contribution is -2.50. The maximum atomic E-state index is 11.8. The number of carbonyl (C=O) groups excluding carboxylic acids is 2. The zero-order chi connectivity index (χ0) is 11.6. The predicted octanol–water partition coefficient (Wildman–Crippen LogP) is 1.72. The van der Waals surface area contributed by atoms with E-state index in [2.05, 4.69) is 13.8 Å². The van der Waals surface area contributed by atoms with Crippen LogP contribution in [0.2, 0.25) is 0 Å². The van der Waals surface area contributed by atoms with Gasteiger partial charge in [-0.25, -0.2) is 0 Å². The second-order valence-electron chi connectivity index (χ2n) is 4.99. The Morgan fingerprint density at radius 3 is 2.20 bits per heavy atom. The van der Waals surface area contributed by atoms with Crippen molar-refractivity contribution in [1.29, 1.82) is 0 Å². The van der Waals surface area contributed by atoms with Crippen molar-refractivity contribution in [2.45, 2.75) is 34.1 Å². The van der Waals surface area contributed by atoms with E-state index in [1.165, 1.54) is 0 Å². The van der Waals surface area contributed by atoms with Gasteiger partial charge in [0.25, 0.3) is 0 Å². The maximum absolute atomic E-state index is 11.8. The third-order valence-corrected chi connectivity index (χ3v) is 3.40. The molecular formula is C12H21NO2. The van der Waals surface area contributed by atoms with Gasteiger partial charge in [-0.2, -0.15) is 0 Å². The van der Waals surface area contributed by atoms with Crippen molar-refractivity contribution in [2.24, 2.45) is 17.8 Å². The zero-order valence-corrected chi connectivity index (χ0v) is 10.1. The molecule has 1 fully saturated rings. The quantitative estimate of drug-likeness (QED) is 0.710. The molecule has 1 aliphatic rings. The monoisotopic (exact) mass is 211 g/mol. The van der Waals surface area contributed by atoms with Crippen LogP contribution in [-0.2, 0) is 9.59 Å². The molecule has 1 heterocycles. The average molecular weight is 211 g/mol. The van der Waals surface area contributed by atoms with Crippen molar-refractivity contribution < 1.29 is 9.59 Å². The molecule has 86 valence electrons. The molecule has 15 heavy (non-hydrogen) atoms. The molecule has 0 radical (unpaired) electrons. The lowest BCUT2D eigenvalue weighted by atomic mass is 9.85. The van der Waals surface area contributed by atoms with E-state index >= 15 is 0 Å². The summed E-state index contributed by atoms with van der Waals surface area (Å²) in [5.74, 6) is 1.44. The van der Waals surface area contributed by atoms with E-state index < -0.39 is 0 Å². The van der Waals surface area contributed by atoms with Crippen LogP contribution in [0.3, 0.4) is 0 Å². The minimum absolute atomic E-state index is 0.121. The van der Waals surface area contributed by atoms with Crippen molar-refractivity contribution >= 4 is 11.7 Å². The average Bonchev–Trinajstić information content (AvgIpc) is 2.07. The molecule has 0 aromatic carbocycles. The molecule has 0 saturated carbocycles. The number of amides is 1. The summed E-state index contributed by atoms with van der Waals surface area (Å²) < 4.78 is 0. The van der Waals surface area contributed by atoms with E-state index in [0.717, 1.165) is 13.1 Å². The van der Waals surface area contributed by atoms with Crippen LogP contribution < -0.4 is 0 Å². The number of ketones is 1. The van der Waals surface area contributed by atoms with Crippen LogP contribution in [0.4, 0.5) is 0 Å². The Bertz CT molecular complexity index is 254. The third-order valence-electron chi connectivity index (χ3n) is 3.40. The fourth-order valence-electron chi connectivity index (χ4n) is 1.80. The summed E-state index contributed by atoms with van der Waals surface area (Å²) in [6, 6.07) is 0. The van der Waals surface area contributed by atoms with E-state index in [9.17, 15) is 9.59 Å². The Balaban J connectivity index is 2.27. The number of hydrogen-bond acceptors (Lipinski definition) is 2. The molecule has 1 amide bonds. The molecule has 1 saturated heterocycles. The van der Waals surface area contributed by atoms with Crippen LogP contribution in [0.15, 0.2) is 0 Å². The first-order chi connectivity index (χ1) is 6.91. The van der Waals surface area contributed by atoms with Gasteiger partial charge in [0.2, 0.25) is 5.91 Å². The summed E-state index contributed by atoms with van der Waals surface area (Å²) in [6.45, 7) is 9.26. The van der Waals surface area contributed by atoms with E-state index in [-0.39, 0.29) is 11.8 Å². The number of likely N-dealkylation sites (tertiary alicyclic amines) is 1. The van der Waals surface area contributed by atoms with Gasteiger partial charge in [-0.15, -0.1) is 0 Å². The number of Topliss-reactive ketones (excluding diaryl/α,β-unsaturated/α-hetero) is 1. The van der Waals surface area contributed by atoms with Gasteiger partial charge >= 0.3 is 0 Å². The van der Waals surface area contributed by atoms with Gasteiger partial charge in [-0.3, -0.25) is 9.59 Å². The molecule has 0 N–H and O–H groups in total. The Kier molecular flexibility index (Phi) is 3.89. The Hall–Kier alpha value is -0.860. The van der Waals surface area contributed by atoms with Gasteiger partial charge in [0.1, 0.15) is 5.78 Å². The molecule has 0 aromatic rings. The SMILES string of the molecule is CC(=O)N1CC(CC(=O)[C@H](C)C(C)C)C1. The van der Waals surface area contributed by atoms with Crippen LogP contribution >= 0.6 is 0 Å². The van der Waals surface area contributed by atoms with Gasteiger partial charge < -0.3 is 4.90 Å². The third kappa shape index (κ3) is 3.05. The molecule has 0 spiro atoms. The molecule has 0 bridgehead atoms. The van der Waals surface area contributed by atoms with Crippen LogP contribution in [-0.4, -0.2) is 29.7 Å². The molecule has 0 aliphatic carbocycles. The van der Waals surface area contributed by atoms with E-state index in [0.29, 0.717) is 24.0 Å². The van der Waals surface area contributed by atoms with Gasteiger partial charge in [-0.05, 0) is 5.92 Å². The van der Waals surface area contributed by atoms with E-state index in [1.54, 1.807) is 11.8 Å². The largest absolute Gasteiger partial charge is 0.342 e. The first kappa shape index (κ1) is 12.2. The molecule has 3 heteroatoms. The smallest absolute Gasteiger partial charge is 0.219 e. The summed E-state index contributed by atoms with van der Waals surface area (Å²) in [7, 11) is 0. The minimum atomic E-state index is 0.121. The minimum Gasteiger partial charge on any atom is -0.342 e. The number of nitrogens with zero attached hydrogens (tertiary/aromatic N) is 1. The topological polar surface area (TPSA) is 37.4 Å². The highest BCUT2D eigenvalue weighted by Gasteiger charge is 2.31. The van der Waals surface area contributed by atoms with Crippen LogP contribution in [0.25, 0.3) is 0 Å². The van der Waals surface area contributed by atoms with E-state index in [1.807, 2.05) is 6.92 Å². The molecule has 0 aromatic heterocycles. The van der Waals surface area contributed by atoms with Crippen LogP contribution in [0.5, 0.6) is 0 Å². The Morgan fingerprint density at radius 2 is 1.80 bits per heavy atom. The van der Waals surface area contributed by atoms with Gasteiger partial charge in [0, 0.05) is 38.3 Å². The summed E-state index contributed by atoms with van der Waals surface area (Å²) >= 11 is 0. The second kappa shape index (κ2) is 4.77. The van der Waals surface area contributed by atoms with Crippen LogP contribution in [0, 0.1) is 17.8 Å². The fourth-order valence-corrected chi connectivity index (χ4v) is 1.80. The first-order valence-corrected chi connectivity index (χ1v) is 5.70. The molecule has 1 rings (SSSR count). The molecule has 1 atom stereocenters. The van der Waals surface area contributed by atoms with Crippen molar-refractivity contribution in [1.82, 2.24) is 4.90 Å².